The minimum Gasteiger partial charge on any atom is -0.339 e. The van der Waals surface area contributed by atoms with Crippen molar-refractivity contribution in [3.63, 3.8) is 0 Å². The van der Waals surface area contributed by atoms with Crippen LogP contribution in [0, 0.1) is 0 Å². The molecule has 0 radical (unpaired) electrons. The van der Waals surface area contributed by atoms with Gasteiger partial charge in [-0.2, -0.15) is 11.8 Å². The van der Waals surface area contributed by atoms with Gasteiger partial charge in [0.15, 0.2) is 0 Å². The maximum Gasteiger partial charge on any atom is 0.236 e. The Balaban J connectivity index is 1.76. The van der Waals surface area contributed by atoms with Crippen molar-refractivity contribution in [2.75, 3.05) is 51.3 Å². The molecule has 2 saturated heterocycles. The van der Waals surface area contributed by atoms with Gasteiger partial charge in [-0.15, -0.1) is 0 Å². The summed E-state index contributed by atoms with van der Waals surface area (Å²) in [6, 6.07) is 0.608. The van der Waals surface area contributed by atoms with Crippen LogP contribution >= 0.6 is 11.8 Å². The van der Waals surface area contributed by atoms with E-state index in [4.69, 9.17) is 0 Å². The van der Waals surface area contributed by atoms with Crippen LogP contribution in [0.5, 0.6) is 0 Å². The van der Waals surface area contributed by atoms with Gasteiger partial charge in [-0.25, -0.2) is 0 Å². The van der Waals surface area contributed by atoms with Crippen LogP contribution in [0.2, 0.25) is 0 Å². The summed E-state index contributed by atoms with van der Waals surface area (Å²) >= 11 is 2.00. The number of amides is 1. The molecule has 0 bridgehead atoms. The maximum atomic E-state index is 12.0. The van der Waals surface area contributed by atoms with Crippen LogP contribution in [-0.2, 0) is 4.79 Å². The first-order valence-electron chi connectivity index (χ1n) is 6.04. The van der Waals surface area contributed by atoms with Gasteiger partial charge in [0.2, 0.25) is 5.91 Å². The van der Waals surface area contributed by atoms with Gasteiger partial charge in [0.25, 0.3) is 0 Å². The lowest BCUT2D eigenvalue weighted by Crippen LogP contribution is -2.50. The van der Waals surface area contributed by atoms with Crippen LogP contribution in [-0.4, -0.2) is 73.0 Å². The van der Waals surface area contributed by atoms with Crippen molar-refractivity contribution in [2.45, 2.75) is 12.5 Å². The molecule has 2 aliphatic rings. The van der Waals surface area contributed by atoms with Gasteiger partial charge >= 0.3 is 0 Å². The molecule has 2 aliphatic heterocycles. The van der Waals surface area contributed by atoms with E-state index < -0.39 is 0 Å². The average Bonchev–Trinajstić information content (AvgIpc) is 2.83. The molecule has 0 saturated carbocycles. The fourth-order valence-electron chi connectivity index (χ4n) is 2.23. The number of rotatable bonds is 3. The molecule has 0 spiro atoms. The van der Waals surface area contributed by atoms with Crippen LogP contribution in [0.4, 0.5) is 0 Å². The highest BCUT2D eigenvalue weighted by Gasteiger charge is 2.24. The Morgan fingerprint density at radius 3 is 2.88 bits per heavy atom. The Morgan fingerprint density at radius 2 is 2.25 bits per heavy atom. The monoisotopic (exact) mass is 243 g/mol. The lowest BCUT2D eigenvalue weighted by molar-refractivity contribution is -0.133. The number of thioether (sulfide) groups is 1. The predicted octanol–water partition coefficient (Wildman–Crippen LogP) is -0.144. The Bertz CT molecular complexity index is 237. The van der Waals surface area contributed by atoms with Crippen molar-refractivity contribution in [3.8, 4) is 0 Å². The van der Waals surface area contributed by atoms with Crippen LogP contribution in [0.3, 0.4) is 0 Å². The molecule has 2 heterocycles. The van der Waals surface area contributed by atoms with E-state index in [1.165, 1.54) is 17.9 Å². The smallest absolute Gasteiger partial charge is 0.236 e. The molecule has 16 heavy (non-hydrogen) atoms. The highest BCUT2D eigenvalue weighted by Crippen LogP contribution is 2.21. The van der Waals surface area contributed by atoms with E-state index in [1.54, 1.807) is 0 Å². The summed E-state index contributed by atoms with van der Waals surface area (Å²) in [7, 11) is 2.08. The topological polar surface area (TPSA) is 35.6 Å². The molecule has 2 rings (SSSR count). The van der Waals surface area contributed by atoms with Crippen LogP contribution in [0.25, 0.3) is 0 Å². The minimum atomic E-state index is 0.293. The zero-order valence-corrected chi connectivity index (χ0v) is 10.8. The minimum absolute atomic E-state index is 0.293. The highest BCUT2D eigenvalue weighted by atomic mass is 32.2. The fraction of sp³-hybridized carbons (Fsp3) is 0.909. The zero-order valence-electron chi connectivity index (χ0n) is 9.95. The third kappa shape index (κ3) is 3.12. The van der Waals surface area contributed by atoms with E-state index in [2.05, 4.69) is 17.3 Å². The number of carbonyl (C=O) groups is 1. The molecule has 1 N–H and O–H groups in total. The van der Waals surface area contributed by atoms with Gasteiger partial charge in [0.1, 0.15) is 0 Å². The molecule has 0 aromatic heterocycles. The Labute approximate surface area is 102 Å². The second-order valence-electron chi connectivity index (χ2n) is 4.56. The largest absolute Gasteiger partial charge is 0.339 e. The first kappa shape index (κ1) is 12.2. The summed E-state index contributed by atoms with van der Waals surface area (Å²) in [6.07, 6.45) is 1.23. The van der Waals surface area contributed by atoms with Gasteiger partial charge in [0, 0.05) is 38.0 Å². The van der Waals surface area contributed by atoms with Crippen molar-refractivity contribution in [2.24, 2.45) is 0 Å². The number of hydrogen-bond donors (Lipinski definition) is 1. The number of nitrogens with one attached hydrogen (secondary N) is 1. The van der Waals surface area contributed by atoms with E-state index in [0.29, 0.717) is 18.5 Å². The van der Waals surface area contributed by atoms with E-state index in [9.17, 15) is 4.79 Å². The molecule has 0 aromatic carbocycles. The van der Waals surface area contributed by atoms with Gasteiger partial charge < -0.3 is 10.2 Å². The summed E-state index contributed by atoms with van der Waals surface area (Å²) in [5.41, 5.74) is 0. The molecule has 0 aromatic rings. The normalized spacial score (nSPS) is 26.4. The van der Waals surface area contributed by atoms with Gasteiger partial charge in [-0.05, 0) is 19.2 Å². The van der Waals surface area contributed by atoms with Crippen molar-refractivity contribution < 1.29 is 4.79 Å². The SMILES string of the molecule is CN(CC(=O)N1CCNCC1)C1CCSC1. The Hall–Kier alpha value is -0.260. The molecule has 92 valence electrons. The van der Waals surface area contributed by atoms with Crippen molar-refractivity contribution in [1.82, 2.24) is 15.1 Å². The average molecular weight is 243 g/mol. The number of carbonyl (C=O) groups excluding carboxylic acids is 1. The van der Waals surface area contributed by atoms with E-state index >= 15 is 0 Å². The van der Waals surface area contributed by atoms with Crippen molar-refractivity contribution >= 4 is 17.7 Å². The molecule has 4 nitrogen and oxygen atoms in total. The molecule has 0 aliphatic carbocycles. The molecular weight excluding hydrogens is 222 g/mol. The maximum absolute atomic E-state index is 12.0. The van der Waals surface area contributed by atoms with Gasteiger partial charge in [-0.3, -0.25) is 9.69 Å². The summed E-state index contributed by atoms with van der Waals surface area (Å²) in [6.45, 7) is 4.20. The van der Waals surface area contributed by atoms with Crippen LogP contribution < -0.4 is 5.32 Å². The zero-order chi connectivity index (χ0) is 11.4. The summed E-state index contributed by atoms with van der Waals surface area (Å²) in [4.78, 5) is 16.2. The Kier molecular flexibility index (Phi) is 4.49. The Morgan fingerprint density at radius 1 is 1.50 bits per heavy atom. The van der Waals surface area contributed by atoms with Gasteiger partial charge in [-0.1, -0.05) is 0 Å². The number of piperazine rings is 1. The lowest BCUT2D eigenvalue weighted by atomic mass is 10.2. The standard InChI is InChI=1S/C11H21N3OS/c1-13(10-2-7-16-9-10)8-11(15)14-5-3-12-4-6-14/h10,12H,2-9H2,1H3. The molecule has 1 unspecified atom stereocenters. The summed E-state index contributed by atoms with van der Waals surface area (Å²) < 4.78 is 0. The summed E-state index contributed by atoms with van der Waals surface area (Å²) in [5, 5.41) is 3.27. The third-order valence-corrected chi connectivity index (χ3v) is 4.53. The second-order valence-corrected chi connectivity index (χ2v) is 5.71. The second kappa shape index (κ2) is 5.89. The van der Waals surface area contributed by atoms with Crippen LogP contribution in [0.15, 0.2) is 0 Å². The molecule has 1 amide bonds. The van der Waals surface area contributed by atoms with Crippen molar-refractivity contribution in [3.05, 3.63) is 0 Å². The van der Waals surface area contributed by atoms with Crippen molar-refractivity contribution in [1.29, 1.82) is 0 Å². The first-order valence-corrected chi connectivity index (χ1v) is 7.19. The quantitative estimate of drug-likeness (QED) is 0.748. The lowest BCUT2D eigenvalue weighted by Gasteiger charge is -2.30. The fourth-order valence-corrected chi connectivity index (χ4v) is 3.53. The molecule has 1 atom stereocenters. The number of likely N-dealkylation sites (N-methyl/N-ethyl adjacent to an activating group) is 1. The van der Waals surface area contributed by atoms with E-state index in [-0.39, 0.29) is 0 Å². The highest BCUT2D eigenvalue weighted by molar-refractivity contribution is 7.99. The predicted molar refractivity (Wildman–Crippen MR) is 67.8 cm³/mol. The molecule has 2 fully saturated rings. The van der Waals surface area contributed by atoms with E-state index in [0.717, 1.165) is 26.2 Å². The summed E-state index contributed by atoms with van der Waals surface area (Å²) in [5.74, 6) is 2.73. The van der Waals surface area contributed by atoms with Gasteiger partial charge in [0.05, 0.1) is 6.54 Å². The number of hydrogen-bond acceptors (Lipinski definition) is 4. The molecular formula is C11H21N3OS. The van der Waals surface area contributed by atoms with E-state index in [1.807, 2.05) is 16.7 Å². The third-order valence-electron chi connectivity index (χ3n) is 3.38. The first-order chi connectivity index (χ1) is 7.77. The van der Waals surface area contributed by atoms with Crippen LogP contribution in [0.1, 0.15) is 6.42 Å². The number of nitrogens with zero attached hydrogens (tertiary/aromatic N) is 2. The molecule has 5 heteroatoms.